The number of benzene rings is 2. The summed E-state index contributed by atoms with van der Waals surface area (Å²) in [5, 5.41) is 12.7. The number of aliphatic hydroxyl groups excluding tert-OH is 1. The summed E-state index contributed by atoms with van der Waals surface area (Å²) >= 11 is 0. The number of β-amino-alcohol motifs (C(OH)–C–C–N with tert-alkyl or cyclic N) is 1. The normalized spacial score (nSPS) is 15.6. The van der Waals surface area contributed by atoms with E-state index < -0.39 is 6.10 Å². The summed E-state index contributed by atoms with van der Waals surface area (Å²) in [7, 11) is 0. The average Bonchev–Trinajstić information content (AvgIpc) is 2.66. The number of aliphatic hydroxyl groups is 1. The van der Waals surface area contributed by atoms with Crippen molar-refractivity contribution in [1.82, 2.24) is 14.9 Å². The molecular weight excluding hydrogens is 326 g/mol. The second-order valence-electron chi connectivity index (χ2n) is 6.85. The van der Waals surface area contributed by atoms with Crippen LogP contribution in [-0.2, 0) is 13.0 Å². The molecule has 1 unspecified atom stereocenters. The summed E-state index contributed by atoms with van der Waals surface area (Å²) in [4.78, 5) is 11.0. The van der Waals surface area contributed by atoms with Crippen LogP contribution in [0, 0.1) is 6.92 Å². The van der Waals surface area contributed by atoms with Crippen LogP contribution in [0.3, 0.4) is 0 Å². The highest BCUT2D eigenvalue weighted by molar-refractivity contribution is 5.83. The maximum atomic E-state index is 10.4. The van der Waals surface area contributed by atoms with Crippen LogP contribution in [0.1, 0.15) is 17.1 Å². The predicted molar refractivity (Wildman–Crippen MR) is 101 cm³/mol. The molecule has 0 aliphatic carbocycles. The van der Waals surface area contributed by atoms with E-state index in [1.54, 1.807) is 0 Å². The van der Waals surface area contributed by atoms with Gasteiger partial charge in [0, 0.05) is 25.8 Å². The Balaban J connectivity index is 1.33. The zero-order chi connectivity index (χ0) is 17.9. The molecule has 134 valence electrons. The molecule has 1 N–H and O–H groups in total. The molecule has 0 amide bonds. The van der Waals surface area contributed by atoms with Crippen molar-refractivity contribution in [1.29, 1.82) is 0 Å². The monoisotopic (exact) mass is 349 g/mol. The number of ether oxygens (including phenoxy) is 1. The van der Waals surface area contributed by atoms with Crippen LogP contribution in [0.4, 0.5) is 0 Å². The molecule has 4 rings (SSSR count). The quantitative estimate of drug-likeness (QED) is 0.767. The highest BCUT2D eigenvalue weighted by Gasteiger charge is 2.20. The predicted octanol–water partition coefficient (Wildman–Crippen LogP) is 2.74. The van der Waals surface area contributed by atoms with Gasteiger partial charge < -0.3 is 9.84 Å². The molecule has 1 aromatic heterocycles. The molecular formula is C21H23N3O2. The van der Waals surface area contributed by atoms with Crippen LogP contribution >= 0.6 is 0 Å². The van der Waals surface area contributed by atoms with Gasteiger partial charge in [-0.1, -0.05) is 30.3 Å². The van der Waals surface area contributed by atoms with Gasteiger partial charge in [-0.2, -0.15) is 0 Å². The summed E-state index contributed by atoms with van der Waals surface area (Å²) < 4.78 is 5.80. The first-order valence-corrected chi connectivity index (χ1v) is 9.01. The van der Waals surface area contributed by atoms with Gasteiger partial charge in [0.15, 0.2) is 0 Å². The van der Waals surface area contributed by atoms with Crippen molar-refractivity contribution in [3.8, 4) is 5.75 Å². The molecule has 0 spiro atoms. The lowest BCUT2D eigenvalue weighted by molar-refractivity contribution is 0.0632. The van der Waals surface area contributed by atoms with Crippen LogP contribution in [-0.4, -0.2) is 45.8 Å². The molecule has 2 aromatic carbocycles. The molecule has 2 heterocycles. The summed E-state index contributed by atoms with van der Waals surface area (Å²) in [6, 6.07) is 14.2. The molecule has 5 nitrogen and oxygen atoms in total. The fraction of sp³-hybridized carbons (Fsp3) is 0.333. The van der Waals surface area contributed by atoms with Crippen LogP contribution in [0.15, 0.2) is 48.7 Å². The molecule has 1 atom stereocenters. The molecule has 26 heavy (non-hydrogen) atoms. The molecule has 0 fully saturated rings. The van der Waals surface area contributed by atoms with Crippen LogP contribution < -0.4 is 4.74 Å². The zero-order valence-electron chi connectivity index (χ0n) is 14.9. The third-order valence-corrected chi connectivity index (χ3v) is 4.78. The maximum Gasteiger partial charge on any atom is 0.125 e. The lowest BCUT2D eigenvalue weighted by Gasteiger charge is -2.29. The van der Waals surface area contributed by atoms with Crippen molar-refractivity contribution in [2.45, 2.75) is 26.0 Å². The van der Waals surface area contributed by atoms with Gasteiger partial charge >= 0.3 is 0 Å². The minimum atomic E-state index is -0.536. The number of hydrogen-bond acceptors (Lipinski definition) is 5. The van der Waals surface area contributed by atoms with Crippen molar-refractivity contribution in [2.75, 3.05) is 19.7 Å². The van der Waals surface area contributed by atoms with E-state index in [0.717, 1.165) is 42.2 Å². The Kier molecular flexibility index (Phi) is 4.82. The lowest BCUT2D eigenvalue weighted by atomic mass is 10.1. The van der Waals surface area contributed by atoms with Crippen molar-refractivity contribution >= 4 is 10.8 Å². The lowest BCUT2D eigenvalue weighted by Crippen LogP contribution is -2.39. The smallest absolute Gasteiger partial charge is 0.125 e. The van der Waals surface area contributed by atoms with E-state index in [0.29, 0.717) is 6.54 Å². The number of rotatable bonds is 5. The van der Waals surface area contributed by atoms with Crippen molar-refractivity contribution < 1.29 is 9.84 Å². The first kappa shape index (κ1) is 16.9. The Morgan fingerprint density at radius 3 is 2.92 bits per heavy atom. The fourth-order valence-corrected chi connectivity index (χ4v) is 3.41. The largest absolute Gasteiger partial charge is 0.491 e. The van der Waals surface area contributed by atoms with E-state index in [4.69, 9.17) is 4.74 Å². The summed E-state index contributed by atoms with van der Waals surface area (Å²) in [5.74, 6) is 1.58. The first-order chi connectivity index (χ1) is 12.7. The highest BCUT2D eigenvalue weighted by Crippen LogP contribution is 2.21. The summed E-state index contributed by atoms with van der Waals surface area (Å²) in [6.07, 6.45) is 2.31. The molecule has 5 heteroatoms. The van der Waals surface area contributed by atoms with Gasteiger partial charge in [-0.15, -0.1) is 0 Å². The Bertz CT molecular complexity index is 913. The van der Waals surface area contributed by atoms with Gasteiger partial charge in [-0.05, 0) is 41.8 Å². The standard InChI is InChI=1S/C21H23N3O2/c1-15-22-11-18-8-9-24(13-21(18)23-15)12-19(25)14-26-20-7-6-16-4-2-3-5-17(16)10-20/h2-7,10-11,19,25H,8-9,12-14H2,1H3. The van der Waals surface area contributed by atoms with Gasteiger partial charge in [0.05, 0.1) is 5.69 Å². The number of aryl methyl sites for hydroxylation is 1. The van der Waals surface area contributed by atoms with E-state index in [9.17, 15) is 5.11 Å². The van der Waals surface area contributed by atoms with E-state index in [1.807, 2.05) is 43.5 Å². The van der Waals surface area contributed by atoms with Gasteiger partial charge in [-0.25, -0.2) is 9.97 Å². The van der Waals surface area contributed by atoms with Crippen molar-refractivity contribution in [3.63, 3.8) is 0 Å². The van der Waals surface area contributed by atoms with Crippen LogP contribution in [0.25, 0.3) is 10.8 Å². The van der Waals surface area contributed by atoms with Gasteiger partial charge in [-0.3, -0.25) is 4.90 Å². The summed E-state index contributed by atoms with van der Waals surface area (Å²) in [5.41, 5.74) is 2.29. The Morgan fingerprint density at radius 1 is 1.19 bits per heavy atom. The minimum absolute atomic E-state index is 0.282. The fourth-order valence-electron chi connectivity index (χ4n) is 3.41. The van der Waals surface area contributed by atoms with Gasteiger partial charge in [0.25, 0.3) is 0 Å². The highest BCUT2D eigenvalue weighted by atomic mass is 16.5. The number of nitrogens with zero attached hydrogens (tertiary/aromatic N) is 3. The Hall–Kier alpha value is -2.50. The SMILES string of the molecule is Cc1ncc2c(n1)CN(CC(O)COc1ccc3ccccc3c1)CC2. The minimum Gasteiger partial charge on any atom is -0.491 e. The topological polar surface area (TPSA) is 58.5 Å². The zero-order valence-corrected chi connectivity index (χ0v) is 14.9. The van der Waals surface area contributed by atoms with Crippen LogP contribution in [0.2, 0.25) is 0 Å². The second-order valence-corrected chi connectivity index (χ2v) is 6.85. The number of aromatic nitrogens is 2. The third kappa shape index (κ3) is 3.84. The Labute approximate surface area is 153 Å². The van der Waals surface area contributed by atoms with E-state index >= 15 is 0 Å². The molecule has 0 saturated heterocycles. The Morgan fingerprint density at radius 2 is 2.04 bits per heavy atom. The number of hydrogen-bond donors (Lipinski definition) is 1. The molecule has 3 aromatic rings. The van der Waals surface area contributed by atoms with Crippen molar-refractivity contribution in [3.05, 3.63) is 65.7 Å². The molecule has 0 bridgehead atoms. The summed E-state index contributed by atoms with van der Waals surface area (Å²) in [6.45, 7) is 4.43. The molecule has 1 aliphatic rings. The first-order valence-electron chi connectivity index (χ1n) is 9.01. The average molecular weight is 349 g/mol. The van der Waals surface area contributed by atoms with Gasteiger partial charge in [0.1, 0.15) is 24.3 Å². The third-order valence-electron chi connectivity index (χ3n) is 4.78. The maximum absolute atomic E-state index is 10.4. The van der Waals surface area contributed by atoms with E-state index in [1.165, 1.54) is 10.9 Å². The molecule has 0 radical (unpaired) electrons. The number of fused-ring (bicyclic) bond motifs is 2. The second kappa shape index (κ2) is 7.40. The van der Waals surface area contributed by atoms with E-state index in [-0.39, 0.29) is 6.61 Å². The molecule has 1 aliphatic heterocycles. The van der Waals surface area contributed by atoms with Crippen molar-refractivity contribution in [2.24, 2.45) is 0 Å². The van der Waals surface area contributed by atoms with Crippen LogP contribution in [0.5, 0.6) is 5.75 Å². The molecule has 0 saturated carbocycles. The van der Waals surface area contributed by atoms with E-state index in [2.05, 4.69) is 27.0 Å². The van der Waals surface area contributed by atoms with Gasteiger partial charge in [0.2, 0.25) is 0 Å².